The first kappa shape index (κ1) is 97.8. The fraction of sp³-hybridized carbons (Fsp3) is 0.133. The van der Waals surface area contributed by atoms with Gasteiger partial charge >= 0.3 is 22.5 Å². The van der Waals surface area contributed by atoms with Crippen molar-refractivity contribution in [3.63, 3.8) is 0 Å². The highest BCUT2D eigenvalue weighted by molar-refractivity contribution is 8.00. The first-order valence-corrected chi connectivity index (χ1v) is 51.3. The minimum absolute atomic E-state index is 0.000411. The van der Waals surface area contributed by atoms with Crippen molar-refractivity contribution in [3.8, 4) is 102 Å². The van der Waals surface area contributed by atoms with Crippen molar-refractivity contribution in [2.24, 2.45) is 0 Å². The summed E-state index contributed by atoms with van der Waals surface area (Å²) in [7, 11) is 3.13. The molecule has 0 saturated carbocycles. The molecule has 20 aromatic rings. The van der Waals surface area contributed by atoms with Gasteiger partial charge in [0.2, 0.25) is 0 Å². The lowest BCUT2D eigenvalue weighted by Gasteiger charge is -2.27. The number of fused-ring (bicyclic) bond motifs is 20. The van der Waals surface area contributed by atoms with Crippen LogP contribution in [-0.2, 0) is 51.4 Å². The maximum absolute atomic E-state index is 14.2. The van der Waals surface area contributed by atoms with Gasteiger partial charge in [-0.2, -0.15) is 0 Å². The summed E-state index contributed by atoms with van der Waals surface area (Å²) in [6, 6.07) is 84.6. The third-order valence-corrected chi connectivity index (χ3v) is 31.5. The number of aromatic hydroxyl groups is 4. The number of ether oxygens (including phenoxy) is 2. The fourth-order valence-electron chi connectivity index (χ4n) is 20.6. The summed E-state index contributed by atoms with van der Waals surface area (Å²) in [5.74, 6) is -0.792. The molecule has 736 valence electrons. The number of hydrogen-bond donors (Lipinski definition) is 4. The molecule has 0 radical (unpaired) electrons. The Labute approximate surface area is 865 Å². The molecule has 0 aliphatic heterocycles. The average molecular weight is 2060 g/mol. The zero-order chi connectivity index (χ0) is 103. The van der Waals surface area contributed by atoms with E-state index in [1.54, 1.807) is 99.2 Å². The van der Waals surface area contributed by atoms with Gasteiger partial charge in [0, 0.05) is 91.9 Å². The number of nitrogens with zero attached hydrogens (tertiary/aromatic N) is 4. The van der Waals surface area contributed by atoms with Gasteiger partial charge in [-0.25, -0.2) is 23.6 Å². The van der Waals surface area contributed by atoms with Gasteiger partial charge in [-0.15, -0.1) is 0 Å². The van der Waals surface area contributed by atoms with Gasteiger partial charge in [-0.1, -0.05) is 209 Å². The van der Waals surface area contributed by atoms with Crippen LogP contribution >= 0.6 is 58.6 Å². The molecular formula is C120H90ClFN4O18S4. The van der Waals surface area contributed by atoms with Gasteiger partial charge in [0.1, 0.15) is 58.4 Å². The van der Waals surface area contributed by atoms with Gasteiger partial charge in [-0.3, -0.25) is 37.4 Å². The highest BCUT2D eigenvalue weighted by atomic mass is 35.5. The fourth-order valence-corrected chi connectivity index (χ4v) is 24.4. The third kappa shape index (κ3) is 17.9. The van der Waals surface area contributed by atoms with Crippen molar-refractivity contribution in [1.29, 1.82) is 0 Å². The molecule has 22 nitrogen and oxygen atoms in total. The zero-order valence-electron chi connectivity index (χ0n) is 80.9. The van der Waals surface area contributed by atoms with Gasteiger partial charge < -0.3 is 47.6 Å². The number of halogens is 2. The minimum Gasteiger partial charge on any atom is -0.505 e. The van der Waals surface area contributed by atoms with E-state index >= 15 is 0 Å². The number of benzene rings is 12. The number of para-hydroxylation sites is 4. The van der Waals surface area contributed by atoms with Crippen molar-refractivity contribution in [1.82, 2.24) is 18.3 Å². The lowest BCUT2D eigenvalue weighted by atomic mass is 9.84. The normalized spacial score (nSPS) is 12.3. The number of hydrogen-bond acceptors (Lipinski definition) is 22. The summed E-state index contributed by atoms with van der Waals surface area (Å²) in [4.78, 5) is 111. The van der Waals surface area contributed by atoms with Crippen LogP contribution in [0.5, 0.6) is 34.5 Å². The molecule has 0 amide bonds. The Hall–Kier alpha value is -16.3. The van der Waals surface area contributed by atoms with E-state index in [9.17, 15) is 63.2 Å². The molecular weight excluding hydrogens is 1970 g/mol. The van der Waals surface area contributed by atoms with E-state index in [0.29, 0.717) is 109 Å². The molecule has 28 heteroatoms. The van der Waals surface area contributed by atoms with Crippen LogP contribution in [0.4, 0.5) is 4.39 Å². The van der Waals surface area contributed by atoms with E-state index in [2.05, 4.69) is 57.2 Å². The second kappa shape index (κ2) is 40.3. The maximum Gasteiger partial charge on any atom is 0.354 e. The maximum atomic E-state index is 14.2. The van der Waals surface area contributed by atoms with Gasteiger partial charge in [0.15, 0.2) is 45.3 Å². The van der Waals surface area contributed by atoms with E-state index in [-0.39, 0.29) is 80.7 Å². The highest BCUT2D eigenvalue weighted by Gasteiger charge is 2.37. The summed E-state index contributed by atoms with van der Waals surface area (Å²) >= 11 is 10.1. The summed E-state index contributed by atoms with van der Waals surface area (Å²) in [6.45, 7) is 12.3. The predicted molar refractivity (Wildman–Crippen MR) is 579 cm³/mol. The van der Waals surface area contributed by atoms with E-state index < -0.39 is 56.3 Å². The molecule has 0 bridgehead atoms. The van der Waals surface area contributed by atoms with Gasteiger partial charge in [-0.05, 0) is 277 Å². The third-order valence-electron chi connectivity index (χ3n) is 27.1. The van der Waals surface area contributed by atoms with Crippen molar-refractivity contribution < 1.29 is 52.0 Å². The lowest BCUT2D eigenvalue weighted by molar-refractivity contribution is 0.413. The molecule has 4 N–H and O–H groups in total. The standard InChI is InChI=1S/C31H25NO5S.C30H22ClNO4S.C30H23NO4S.C29H20FNO5S/c1-17-14-18(2)22-12-13-23-26(24(22)15-17)32(19-8-5-4-6-9-19)30(34)25-27(33)29(31(35)37-28(23)25)38-21-11-7-10-20(16-21)36-3;1-16-13-17(2)21-11-12-22-25(23(21)14-16)32(19-8-4-3-5-9-19)29(34)24-26(33)28(30(35)36-27(22)24)37-20-10-6-7-18(31)15-20;1-17-15-18(2)21-13-14-22-25(23(21)16-17)31(19-9-5-3-6-10-19)29(33)24-26(32)28(30(34)35-27(22)24)36-20-11-7-4-8-12-20;1-35-19-12-10-16-11-13-21-24(22(16)15-19)31(18-7-3-2-4-8-18)28(33)23-25(32)27(29(34)36-26(21)23)37-20-9-5-6-17(30)14-20/h4-11,14-16,33H,12-13H2,1-3H3;3-10,13-15,33H,11-12H2,1-2H3;3-12,15-16,32H,13-14H2,1-2H3;2-10,12,14-15,32H,11,13H2,1H3. The number of rotatable bonds is 14. The Morgan fingerprint density at radius 2 is 0.574 bits per heavy atom. The van der Waals surface area contributed by atoms with Crippen LogP contribution in [0.3, 0.4) is 0 Å². The Morgan fingerprint density at radius 1 is 0.291 bits per heavy atom. The second-order valence-corrected chi connectivity index (χ2v) is 41.2. The Bertz CT molecular complexity index is 9440. The predicted octanol–water partition coefficient (Wildman–Crippen LogP) is 24.9. The van der Waals surface area contributed by atoms with E-state index in [1.165, 1.54) is 40.5 Å². The molecule has 8 aromatic heterocycles. The van der Waals surface area contributed by atoms with Crippen molar-refractivity contribution >= 4 is 103 Å². The van der Waals surface area contributed by atoms with Crippen molar-refractivity contribution in [2.45, 2.75) is 132 Å². The molecule has 12 aromatic carbocycles. The zero-order valence-corrected chi connectivity index (χ0v) is 84.9. The molecule has 0 atom stereocenters. The second-order valence-electron chi connectivity index (χ2n) is 36.5. The molecule has 0 saturated heterocycles. The first-order chi connectivity index (χ1) is 71.6. The highest BCUT2D eigenvalue weighted by Crippen LogP contribution is 2.50. The van der Waals surface area contributed by atoms with Gasteiger partial charge in [0.25, 0.3) is 22.2 Å². The number of aromatic nitrogens is 4. The van der Waals surface area contributed by atoms with Crippen LogP contribution in [0.2, 0.25) is 5.02 Å². The van der Waals surface area contributed by atoms with Crippen LogP contribution in [-0.4, -0.2) is 52.9 Å². The summed E-state index contributed by atoms with van der Waals surface area (Å²) < 4.78 is 54.3. The SMILES string of the molecule is COc1ccc2c(c1)-c1c(c3oc(=O)c(Sc4cccc(F)c4)c(O)c3c(=O)n1-c1ccccc1)CC2.COc1cccc(Sc2c(O)c3c(=O)n(-c4ccccc4)c4c(c3oc2=O)CCc2c(C)cc(C)cc2-4)c1.Cc1cc(C)c2c(c1)-c1c(c3oc(=O)c(Sc4cccc(Cl)c4)c(O)c3c(=O)n1-c1ccccc1)CC2.Cc1cc(C)c2c(c1)-c1c(c3oc(=O)c(Sc4ccccc4)c(O)c3c(=O)n1-c1ccccc1)CC2. The number of methoxy groups -OCH3 is 2. The monoisotopic (exact) mass is 2060 g/mol. The van der Waals surface area contributed by atoms with Crippen LogP contribution in [0, 0.1) is 47.4 Å². The summed E-state index contributed by atoms with van der Waals surface area (Å²) in [5.41, 5.74) is 19.1. The molecule has 148 heavy (non-hydrogen) atoms. The molecule has 0 unspecified atom stereocenters. The quantitative estimate of drug-likeness (QED) is 0.0786. The van der Waals surface area contributed by atoms with Crippen molar-refractivity contribution in [3.05, 3.63) is 451 Å². The number of pyridine rings is 4. The topological polar surface area (TPSA) is 308 Å². The molecule has 4 aliphatic rings. The first-order valence-electron chi connectivity index (χ1n) is 47.6. The smallest absolute Gasteiger partial charge is 0.354 e. The largest absolute Gasteiger partial charge is 0.505 e. The Kier molecular flexibility index (Phi) is 26.6. The van der Waals surface area contributed by atoms with Crippen LogP contribution in [0.25, 0.3) is 112 Å². The average Bonchev–Trinajstić information content (AvgIpc) is 0.862. The Morgan fingerprint density at radius 3 is 0.912 bits per heavy atom. The van der Waals surface area contributed by atoms with E-state index in [0.717, 1.165) is 149 Å². The lowest BCUT2D eigenvalue weighted by Crippen LogP contribution is -2.26. The Balaban J connectivity index is 0.000000116. The number of aryl methyl sites for hydroxylation is 11. The van der Waals surface area contributed by atoms with Crippen LogP contribution < -0.4 is 54.2 Å². The minimum atomic E-state index is -0.797. The van der Waals surface area contributed by atoms with Crippen molar-refractivity contribution in [2.75, 3.05) is 14.2 Å². The molecule has 8 heterocycles. The van der Waals surface area contributed by atoms with E-state index in [1.807, 2.05) is 178 Å². The molecule has 0 spiro atoms. The van der Waals surface area contributed by atoms with Crippen LogP contribution in [0.1, 0.15) is 77.9 Å². The molecule has 24 rings (SSSR count). The summed E-state index contributed by atoms with van der Waals surface area (Å²) in [6.07, 6.45) is 5.10. The molecule has 0 fully saturated rings. The van der Waals surface area contributed by atoms with E-state index in [4.69, 9.17) is 38.7 Å². The summed E-state index contributed by atoms with van der Waals surface area (Å²) in [5, 5.41) is 45.9. The van der Waals surface area contributed by atoms with Crippen LogP contribution in [0.15, 0.2) is 374 Å². The molecule has 4 aliphatic carbocycles. The van der Waals surface area contributed by atoms with Gasteiger partial charge in [0.05, 0.1) is 37.0 Å².